The SMILES string of the molecule is C[C@H](C(=O)NC1CCCC1)N(Cc1ccccc1)C(=O)CN(c1ccc([N+](=O)[O-])cc1)S(=O)(=O)c1ccccc1. The van der Waals surface area contributed by atoms with Gasteiger partial charge in [0.1, 0.15) is 12.6 Å². The van der Waals surface area contributed by atoms with Crippen molar-refractivity contribution in [2.75, 3.05) is 10.8 Å². The summed E-state index contributed by atoms with van der Waals surface area (Å²) in [5, 5.41) is 14.2. The van der Waals surface area contributed by atoms with Crippen LogP contribution in [0.2, 0.25) is 0 Å². The largest absolute Gasteiger partial charge is 0.352 e. The number of hydrogen-bond donors (Lipinski definition) is 1. The number of non-ortho nitro benzene ring substituents is 1. The minimum atomic E-state index is -4.24. The van der Waals surface area contributed by atoms with Gasteiger partial charge in [0.05, 0.1) is 15.5 Å². The standard InChI is InChI=1S/C29H32N4O6S/c1-22(29(35)30-24-12-8-9-13-24)31(20-23-10-4-2-5-11-23)28(34)21-32(25-16-18-26(19-17-25)33(36)37)40(38,39)27-14-6-3-7-15-27/h2-7,10-11,14-19,22,24H,8-9,12-13,20-21H2,1H3,(H,30,35)/t22-/m1/s1. The van der Waals surface area contributed by atoms with Crippen LogP contribution in [0.1, 0.15) is 38.2 Å². The molecule has 10 nitrogen and oxygen atoms in total. The second kappa shape index (κ2) is 12.7. The van der Waals surface area contributed by atoms with E-state index in [1.165, 1.54) is 41.3 Å². The molecule has 1 atom stereocenters. The first-order valence-electron chi connectivity index (χ1n) is 13.1. The normalized spacial score (nSPS) is 14.3. The minimum Gasteiger partial charge on any atom is -0.352 e. The molecule has 1 aliphatic carbocycles. The zero-order valence-electron chi connectivity index (χ0n) is 22.2. The topological polar surface area (TPSA) is 130 Å². The number of benzene rings is 3. The predicted molar refractivity (Wildman–Crippen MR) is 151 cm³/mol. The van der Waals surface area contributed by atoms with Gasteiger partial charge in [-0.3, -0.25) is 24.0 Å². The summed E-state index contributed by atoms with van der Waals surface area (Å²) in [7, 11) is -4.24. The van der Waals surface area contributed by atoms with Crippen molar-refractivity contribution in [2.24, 2.45) is 0 Å². The van der Waals surface area contributed by atoms with Gasteiger partial charge < -0.3 is 10.2 Å². The fourth-order valence-electron chi connectivity index (χ4n) is 4.74. The molecule has 11 heteroatoms. The van der Waals surface area contributed by atoms with Gasteiger partial charge in [-0.25, -0.2) is 8.42 Å². The van der Waals surface area contributed by atoms with Gasteiger partial charge in [-0.05, 0) is 49.6 Å². The number of nitrogens with one attached hydrogen (secondary N) is 1. The van der Waals surface area contributed by atoms with E-state index in [1.807, 2.05) is 30.3 Å². The molecule has 3 aromatic rings. The Morgan fingerprint density at radius 2 is 1.52 bits per heavy atom. The average Bonchev–Trinajstić information content (AvgIpc) is 3.48. The van der Waals surface area contributed by atoms with Crippen LogP contribution < -0.4 is 9.62 Å². The third-order valence-corrected chi connectivity index (χ3v) is 8.81. The maximum Gasteiger partial charge on any atom is 0.269 e. The summed E-state index contributed by atoms with van der Waals surface area (Å²) >= 11 is 0. The fraction of sp³-hybridized carbons (Fsp3) is 0.310. The Labute approximate surface area is 233 Å². The van der Waals surface area contributed by atoms with E-state index in [0.717, 1.165) is 35.6 Å². The minimum absolute atomic E-state index is 0.0391. The Bertz CT molecular complexity index is 1430. The molecule has 3 aromatic carbocycles. The van der Waals surface area contributed by atoms with E-state index in [-0.39, 0.29) is 34.8 Å². The van der Waals surface area contributed by atoms with E-state index in [4.69, 9.17) is 0 Å². The number of carbonyl (C=O) groups is 2. The van der Waals surface area contributed by atoms with Crippen molar-refractivity contribution in [3.63, 3.8) is 0 Å². The van der Waals surface area contributed by atoms with Gasteiger partial charge in [-0.2, -0.15) is 0 Å². The molecule has 210 valence electrons. The molecule has 0 spiro atoms. The van der Waals surface area contributed by atoms with Crippen LogP contribution in [-0.4, -0.2) is 48.7 Å². The Kier molecular flexibility index (Phi) is 9.15. The number of amides is 2. The van der Waals surface area contributed by atoms with E-state index in [0.29, 0.717) is 0 Å². The van der Waals surface area contributed by atoms with Crippen LogP contribution in [0.4, 0.5) is 11.4 Å². The number of anilines is 1. The molecule has 4 rings (SSSR count). The molecule has 1 N–H and O–H groups in total. The monoisotopic (exact) mass is 564 g/mol. The Morgan fingerprint density at radius 1 is 0.950 bits per heavy atom. The Hall–Kier alpha value is -4.25. The summed E-state index contributed by atoms with van der Waals surface area (Å²) < 4.78 is 28.4. The van der Waals surface area contributed by atoms with E-state index >= 15 is 0 Å². The summed E-state index contributed by atoms with van der Waals surface area (Å²) in [6.45, 7) is 1.12. The van der Waals surface area contributed by atoms with Gasteiger partial charge in [0.2, 0.25) is 11.8 Å². The first-order valence-corrected chi connectivity index (χ1v) is 14.6. The van der Waals surface area contributed by atoms with Crippen LogP contribution in [-0.2, 0) is 26.2 Å². The summed E-state index contributed by atoms with van der Waals surface area (Å²) in [5.74, 6) is -0.889. The van der Waals surface area contributed by atoms with Crippen molar-refractivity contribution in [3.05, 3.63) is 101 Å². The molecule has 0 saturated heterocycles. The van der Waals surface area contributed by atoms with Crippen LogP contribution in [0.5, 0.6) is 0 Å². The van der Waals surface area contributed by atoms with E-state index < -0.39 is 33.4 Å². The molecular weight excluding hydrogens is 532 g/mol. The fourth-order valence-corrected chi connectivity index (χ4v) is 6.18. The number of carbonyl (C=O) groups excluding carboxylic acids is 2. The number of sulfonamides is 1. The maximum absolute atomic E-state index is 13.9. The van der Waals surface area contributed by atoms with Crippen LogP contribution in [0.15, 0.2) is 89.8 Å². The van der Waals surface area contributed by atoms with Gasteiger partial charge in [0.25, 0.3) is 15.7 Å². The molecule has 0 bridgehead atoms. The molecule has 0 unspecified atom stereocenters. The second-order valence-electron chi connectivity index (χ2n) is 9.77. The lowest BCUT2D eigenvalue weighted by atomic mass is 10.1. The third kappa shape index (κ3) is 6.84. The zero-order valence-corrected chi connectivity index (χ0v) is 23.0. The number of nitro groups is 1. The van der Waals surface area contributed by atoms with Crippen molar-refractivity contribution >= 4 is 33.2 Å². The van der Waals surface area contributed by atoms with Gasteiger partial charge >= 0.3 is 0 Å². The Morgan fingerprint density at radius 3 is 2.10 bits per heavy atom. The van der Waals surface area contributed by atoms with Gasteiger partial charge in [0.15, 0.2) is 0 Å². The number of nitro benzene ring substituents is 1. The lowest BCUT2D eigenvalue weighted by Crippen LogP contribution is -2.52. The van der Waals surface area contributed by atoms with E-state index in [9.17, 15) is 28.1 Å². The molecule has 1 saturated carbocycles. The summed E-state index contributed by atoms with van der Waals surface area (Å²) in [6.07, 6.45) is 3.84. The lowest BCUT2D eigenvalue weighted by Gasteiger charge is -2.32. The van der Waals surface area contributed by atoms with Crippen LogP contribution in [0.3, 0.4) is 0 Å². The quantitative estimate of drug-likeness (QED) is 0.274. The van der Waals surface area contributed by atoms with Crippen molar-refractivity contribution < 1.29 is 22.9 Å². The molecular formula is C29H32N4O6S. The van der Waals surface area contributed by atoms with Crippen LogP contribution in [0, 0.1) is 10.1 Å². The number of rotatable bonds is 11. The highest BCUT2D eigenvalue weighted by Gasteiger charge is 2.33. The molecule has 1 fully saturated rings. The number of nitrogens with zero attached hydrogens (tertiary/aromatic N) is 3. The van der Waals surface area contributed by atoms with Crippen molar-refractivity contribution in [1.82, 2.24) is 10.2 Å². The zero-order chi connectivity index (χ0) is 28.7. The first kappa shape index (κ1) is 28.8. The van der Waals surface area contributed by atoms with E-state index in [1.54, 1.807) is 25.1 Å². The first-order chi connectivity index (χ1) is 19.2. The van der Waals surface area contributed by atoms with Crippen LogP contribution in [0.25, 0.3) is 0 Å². The molecule has 0 heterocycles. The summed E-state index contributed by atoms with van der Waals surface area (Å²) in [6, 6.07) is 20.9. The molecule has 0 aromatic heterocycles. The highest BCUT2D eigenvalue weighted by molar-refractivity contribution is 7.92. The highest BCUT2D eigenvalue weighted by atomic mass is 32.2. The summed E-state index contributed by atoms with van der Waals surface area (Å²) in [4.78, 5) is 39.0. The van der Waals surface area contributed by atoms with Crippen molar-refractivity contribution in [1.29, 1.82) is 0 Å². The summed E-state index contributed by atoms with van der Waals surface area (Å²) in [5.41, 5.74) is 0.657. The molecule has 0 aliphatic heterocycles. The second-order valence-corrected chi connectivity index (χ2v) is 11.6. The molecule has 0 radical (unpaired) electrons. The molecule has 40 heavy (non-hydrogen) atoms. The van der Waals surface area contributed by atoms with Gasteiger partial charge in [-0.1, -0.05) is 61.4 Å². The van der Waals surface area contributed by atoms with Crippen LogP contribution >= 0.6 is 0 Å². The smallest absolute Gasteiger partial charge is 0.269 e. The average molecular weight is 565 g/mol. The predicted octanol–water partition coefficient (Wildman–Crippen LogP) is 4.27. The van der Waals surface area contributed by atoms with Gasteiger partial charge in [-0.15, -0.1) is 0 Å². The number of hydrogen-bond acceptors (Lipinski definition) is 6. The molecule has 1 aliphatic rings. The highest BCUT2D eigenvalue weighted by Crippen LogP contribution is 2.26. The Balaban J connectivity index is 1.67. The van der Waals surface area contributed by atoms with Crippen molar-refractivity contribution in [3.8, 4) is 0 Å². The lowest BCUT2D eigenvalue weighted by molar-refractivity contribution is -0.384. The third-order valence-electron chi connectivity index (χ3n) is 7.02. The van der Waals surface area contributed by atoms with E-state index in [2.05, 4.69) is 5.32 Å². The molecule has 2 amide bonds. The maximum atomic E-state index is 13.9. The van der Waals surface area contributed by atoms with Crippen molar-refractivity contribution in [2.45, 2.75) is 56.1 Å². The van der Waals surface area contributed by atoms with Gasteiger partial charge in [0, 0.05) is 24.7 Å².